The van der Waals surface area contributed by atoms with Gasteiger partial charge in [0.1, 0.15) is 0 Å². The summed E-state index contributed by atoms with van der Waals surface area (Å²) < 4.78 is 39.1. The largest absolute Gasteiger partial charge is 0.481 e. The molecule has 5 nitrogen and oxygen atoms in total. The van der Waals surface area contributed by atoms with Gasteiger partial charge in [-0.1, -0.05) is 0 Å². The van der Waals surface area contributed by atoms with Gasteiger partial charge in [-0.3, -0.25) is 9.59 Å². The van der Waals surface area contributed by atoms with Crippen LogP contribution in [0, 0.1) is 10.8 Å². The molecule has 2 fully saturated rings. The fourth-order valence-corrected chi connectivity index (χ4v) is 2.89. The number of likely N-dealkylation sites (tertiary alicyclic amines) is 1. The van der Waals surface area contributed by atoms with Crippen LogP contribution in [0.1, 0.15) is 19.8 Å². The van der Waals surface area contributed by atoms with Gasteiger partial charge in [-0.25, -0.2) is 0 Å². The Bertz CT molecular complexity index is 432. The summed E-state index contributed by atoms with van der Waals surface area (Å²) in [7, 11) is 0. The molecular formula is C12H17F3N2O3. The number of nitrogens with one attached hydrogen (secondary N) is 1. The molecule has 0 aliphatic carbocycles. The van der Waals surface area contributed by atoms with E-state index < -0.39 is 41.8 Å². The monoisotopic (exact) mass is 294 g/mol. The van der Waals surface area contributed by atoms with Crippen LogP contribution in [-0.2, 0) is 9.59 Å². The fraction of sp³-hybridized carbons (Fsp3) is 0.833. The van der Waals surface area contributed by atoms with E-state index in [4.69, 9.17) is 5.11 Å². The van der Waals surface area contributed by atoms with E-state index in [1.807, 2.05) is 0 Å². The van der Waals surface area contributed by atoms with Crippen LogP contribution in [-0.4, -0.2) is 54.2 Å². The summed E-state index contributed by atoms with van der Waals surface area (Å²) in [5.74, 6) is -2.30. The standard InChI is InChI=1S/C12H17F3N2O3/c1-10(2-4-16-6-10)8(18)17-5-3-11(7-17,9(19)20)12(13,14)15/h16H,2-7H2,1H3,(H,19,20). The number of hydrogen-bond donors (Lipinski definition) is 2. The van der Waals surface area contributed by atoms with E-state index in [9.17, 15) is 22.8 Å². The first kappa shape index (κ1) is 15.1. The summed E-state index contributed by atoms with van der Waals surface area (Å²) in [5, 5.41) is 12.0. The van der Waals surface area contributed by atoms with E-state index in [-0.39, 0.29) is 6.54 Å². The fourth-order valence-electron chi connectivity index (χ4n) is 2.89. The van der Waals surface area contributed by atoms with Gasteiger partial charge in [0.15, 0.2) is 5.41 Å². The van der Waals surface area contributed by atoms with Crippen molar-refractivity contribution in [3.8, 4) is 0 Å². The number of rotatable bonds is 2. The Morgan fingerprint density at radius 3 is 2.35 bits per heavy atom. The number of aliphatic carboxylic acids is 1. The van der Waals surface area contributed by atoms with E-state index in [0.717, 1.165) is 4.90 Å². The molecule has 114 valence electrons. The van der Waals surface area contributed by atoms with E-state index in [1.165, 1.54) is 0 Å². The second-order valence-electron chi connectivity index (χ2n) is 5.85. The maximum Gasteiger partial charge on any atom is 0.406 e. The molecule has 0 spiro atoms. The Balaban J connectivity index is 2.19. The molecule has 2 unspecified atom stereocenters. The Kier molecular flexibility index (Phi) is 3.48. The predicted molar refractivity (Wildman–Crippen MR) is 62.9 cm³/mol. The van der Waals surface area contributed by atoms with Crippen LogP contribution in [0.15, 0.2) is 0 Å². The number of hydrogen-bond acceptors (Lipinski definition) is 3. The summed E-state index contributed by atoms with van der Waals surface area (Å²) in [6.45, 7) is 1.79. The lowest BCUT2D eigenvalue weighted by atomic mass is 9.85. The molecule has 2 atom stereocenters. The van der Waals surface area contributed by atoms with Gasteiger partial charge in [0.25, 0.3) is 0 Å². The summed E-state index contributed by atoms with van der Waals surface area (Å²) in [4.78, 5) is 24.5. The van der Waals surface area contributed by atoms with Crippen LogP contribution >= 0.6 is 0 Å². The van der Waals surface area contributed by atoms with Crippen molar-refractivity contribution < 1.29 is 27.9 Å². The van der Waals surface area contributed by atoms with Crippen LogP contribution in [0.25, 0.3) is 0 Å². The lowest BCUT2D eigenvalue weighted by molar-refractivity contribution is -0.227. The molecule has 20 heavy (non-hydrogen) atoms. The third-order valence-corrected chi connectivity index (χ3v) is 4.39. The molecule has 0 saturated carbocycles. The second kappa shape index (κ2) is 4.61. The van der Waals surface area contributed by atoms with Crippen molar-refractivity contribution in [2.24, 2.45) is 10.8 Å². The van der Waals surface area contributed by atoms with Crippen molar-refractivity contribution in [1.82, 2.24) is 10.2 Å². The zero-order valence-electron chi connectivity index (χ0n) is 11.1. The maximum absolute atomic E-state index is 13.0. The Morgan fingerprint density at radius 1 is 1.30 bits per heavy atom. The molecule has 1 amide bonds. The molecule has 8 heteroatoms. The Labute approximate surface area is 114 Å². The molecule has 2 heterocycles. The molecule has 0 aromatic rings. The minimum atomic E-state index is -4.86. The highest BCUT2D eigenvalue weighted by molar-refractivity contribution is 5.85. The van der Waals surface area contributed by atoms with Gasteiger partial charge in [0.05, 0.1) is 5.41 Å². The smallest absolute Gasteiger partial charge is 0.406 e. The highest BCUT2D eigenvalue weighted by atomic mass is 19.4. The molecule has 0 bridgehead atoms. The lowest BCUT2D eigenvalue weighted by Crippen LogP contribution is -2.49. The molecule has 2 aliphatic heterocycles. The minimum absolute atomic E-state index is 0.166. The van der Waals surface area contributed by atoms with E-state index in [2.05, 4.69) is 5.32 Å². The number of carbonyl (C=O) groups excluding carboxylic acids is 1. The number of carboxylic acid groups (broad SMARTS) is 1. The first-order chi connectivity index (χ1) is 9.12. The van der Waals surface area contributed by atoms with Gasteiger partial charge in [-0.05, 0) is 26.3 Å². The van der Waals surface area contributed by atoms with Crippen molar-refractivity contribution in [3.05, 3.63) is 0 Å². The molecule has 2 saturated heterocycles. The summed E-state index contributed by atoms with van der Waals surface area (Å²) in [6, 6.07) is 0. The van der Waals surface area contributed by atoms with Gasteiger partial charge >= 0.3 is 12.1 Å². The molecule has 0 aromatic carbocycles. The number of amides is 1. The van der Waals surface area contributed by atoms with E-state index in [1.54, 1.807) is 6.92 Å². The number of nitrogens with zero attached hydrogens (tertiary/aromatic N) is 1. The highest BCUT2D eigenvalue weighted by Gasteiger charge is 2.64. The number of carbonyl (C=O) groups is 2. The Morgan fingerprint density at radius 2 is 1.95 bits per heavy atom. The highest BCUT2D eigenvalue weighted by Crippen LogP contribution is 2.46. The minimum Gasteiger partial charge on any atom is -0.481 e. The van der Waals surface area contributed by atoms with Crippen molar-refractivity contribution in [3.63, 3.8) is 0 Å². The lowest BCUT2D eigenvalue weighted by Gasteiger charge is -2.30. The molecular weight excluding hydrogens is 277 g/mol. The average Bonchev–Trinajstić information content (AvgIpc) is 2.94. The predicted octanol–water partition coefficient (Wildman–Crippen LogP) is 0.852. The zero-order chi connectivity index (χ0) is 15.2. The van der Waals surface area contributed by atoms with Crippen LogP contribution in [0.2, 0.25) is 0 Å². The molecule has 2 N–H and O–H groups in total. The molecule has 2 aliphatic rings. The van der Waals surface area contributed by atoms with Crippen LogP contribution in [0.5, 0.6) is 0 Å². The summed E-state index contributed by atoms with van der Waals surface area (Å²) in [6.07, 6.45) is -4.89. The van der Waals surface area contributed by atoms with Crippen molar-refractivity contribution in [2.75, 3.05) is 26.2 Å². The molecule has 2 rings (SSSR count). The number of alkyl halides is 3. The van der Waals surface area contributed by atoms with Gasteiger partial charge in [0.2, 0.25) is 5.91 Å². The van der Waals surface area contributed by atoms with Crippen LogP contribution in [0.3, 0.4) is 0 Å². The van der Waals surface area contributed by atoms with E-state index in [0.29, 0.717) is 19.5 Å². The molecule has 0 aromatic heterocycles. The second-order valence-corrected chi connectivity index (χ2v) is 5.85. The van der Waals surface area contributed by atoms with Gasteiger partial charge in [-0.2, -0.15) is 13.2 Å². The topological polar surface area (TPSA) is 69.6 Å². The first-order valence-electron chi connectivity index (χ1n) is 6.43. The maximum atomic E-state index is 13.0. The van der Waals surface area contributed by atoms with Crippen LogP contribution < -0.4 is 5.32 Å². The number of halogens is 3. The zero-order valence-corrected chi connectivity index (χ0v) is 11.1. The van der Waals surface area contributed by atoms with Gasteiger partial charge in [-0.15, -0.1) is 0 Å². The van der Waals surface area contributed by atoms with Crippen LogP contribution in [0.4, 0.5) is 13.2 Å². The first-order valence-corrected chi connectivity index (χ1v) is 6.43. The van der Waals surface area contributed by atoms with Gasteiger partial charge < -0.3 is 15.3 Å². The molecule has 0 radical (unpaired) electrons. The summed E-state index contributed by atoms with van der Waals surface area (Å²) >= 11 is 0. The quantitative estimate of drug-likeness (QED) is 0.792. The normalized spacial score (nSPS) is 34.5. The average molecular weight is 294 g/mol. The summed E-state index contributed by atoms with van der Waals surface area (Å²) in [5.41, 5.74) is -3.56. The van der Waals surface area contributed by atoms with E-state index >= 15 is 0 Å². The number of carboxylic acids is 1. The third-order valence-electron chi connectivity index (χ3n) is 4.39. The SMILES string of the molecule is CC1(C(=O)N2CCC(C(=O)O)(C(F)(F)F)C2)CCNC1. The van der Waals surface area contributed by atoms with Crippen molar-refractivity contribution in [1.29, 1.82) is 0 Å². The van der Waals surface area contributed by atoms with Crippen molar-refractivity contribution >= 4 is 11.9 Å². The Hall–Kier alpha value is -1.31. The van der Waals surface area contributed by atoms with Crippen molar-refractivity contribution in [2.45, 2.75) is 25.9 Å². The third kappa shape index (κ3) is 2.15. The van der Waals surface area contributed by atoms with Gasteiger partial charge in [0, 0.05) is 19.6 Å².